The fourth-order valence-corrected chi connectivity index (χ4v) is 1.09. The van der Waals surface area contributed by atoms with Gasteiger partial charge < -0.3 is 10.1 Å². The lowest BCUT2D eigenvalue weighted by atomic mass is 10.1. The van der Waals surface area contributed by atoms with Crippen LogP contribution in [0.1, 0.15) is 11.1 Å². The van der Waals surface area contributed by atoms with Crippen LogP contribution in [0.15, 0.2) is 18.2 Å². The molecule has 1 amide bonds. The largest absolute Gasteiger partial charge is 0.462 e. The molecule has 0 heterocycles. The van der Waals surface area contributed by atoms with Crippen LogP contribution >= 0.6 is 0 Å². The molecule has 5 heteroatoms. The third-order valence-corrected chi connectivity index (χ3v) is 1.99. The summed E-state index contributed by atoms with van der Waals surface area (Å²) in [6, 6.07) is 6.75. The number of nitrogens with one attached hydrogen (secondary N) is 1. The van der Waals surface area contributed by atoms with Gasteiger partial charge in [-0.25, -0.2) is 4.79 Å². The molecule has 82 valence electrons. The van der Waals surface area contributed by atoms with E-state index in [-0.39, 0.29) is 0 Å². The number of nitrogens with zero attached hydrogens (tertiary/aromatic N) is 1. The Bertz CT molecular complexity index is 475. The Morgan fingerprint density at radius 3 is 2.69 bits per heavy atom. The first-order valence-corrected chi connectivity index (χ1v) is 4.48. The topological polar surface area (TPSA) is 79.2 Å². The number of rotatable bonds is 1. The number of ether oxygens (including phenoxy) is 1. The van der Waals surface area contributed by atoms with Gasteiger partial charge in [0.2, 0.25) is 0 Å². The summed E-state index contributed by atoms with van der Waals surface area (Å²) < 4.78 is 4.26. The number of hydrogen-bond acceptors (Lipinski definition) is 4. The second-order valence-electron chi connectivity index (χ2n) is 3.09. The maximum absolute atomic E-state index is 11.2. The fourth-order valence-electron chi connectivity index (χ4n) is 1.09. The molecule has 0 aromatic heterocycles. The average molecular weight is 218 g/mol. The molecule has 0 aliphatic heterocycles. The van der Waals surface area contributed by atoms with Crippen molar-refractivity contribution in [3.05, 3.63) is 29.3 Å². The number of aryl methyl sites for hydroxylation is 1. The Morgan fingerprint density at radius 2 is 2.12 bits per heavy atom. The highest BCUT2D eigenvalue weighted by molar-refractivity contribution is 6.37. The van der Waals surface area contributed by atoms with Gasteiger partial charge in [0.1, 0.15) is 0 Å². The third kappa shape index (κ3) is 2.58. The molecule has 1 N–H and O–H groups in total. The first-order chi connectivity index (χ1) is 7.58. The van der Waals surface area contributed by atoms with Crippen LogP contribution in [0.2, 0.25) is 0 Å². The van der Waals surface area contributed by atoms with Gasteiger partial charge in [0.05, 0.1) is 18.7 Å². The lowest BCUT2D eigenvalue weighted by molar-refractivity contribution is -0.150. The van der Waals surface area contributed by atoms with E-state index >= 15 is 0 Å². The van der Waals surface area contributed by atoms with Crippen molar-refractivity contribution in [3.63, 3.8) is 0 Å². The van der Waals surface area contributed by atoms with Gasteiger partial charge in [-0.15, -0.1) is 0 Å². The Hall–Kier alpha value is -2.35. The molecule has 16 heavy (non-hydrogen) atoms. The standard InChI is InChI=1S/C11H10N2O3/c1-7-3-4-8(6-12)5-9(7)13-10(14)11(15)16-2/h3-5H,1-2H3,(H,13,14). The van der Waals surface area contributed by atoms with Gasteiger partial charge in [-0.3, -0.25) is 4.79 Å². The van der Waals surface area contributed by atoms with Gasteiger partial charge in [-0.1, -0.05) is 6.07 Å². The lowest BCUT2D eigenvalue weighted by Crippen LogP contribution is -2.24. The first-order valence-electron chi connectivity index (χ1n) is 4.48. The Morgan fingerprint density at radius 1 is 1.44 bits per heavy atom. The van der Waals surface area contributed by atoms with Crippen LogP contribution in [0.5, 0.6) is 0 Å². The molecule has 0 atom stereocenters. The monoisotopic (exact) mass is 218 g/mol. The summed E-state index contributed by atoms with van der Waals surface area (Å²) in [6.45, 7) is 1.76. The molecular formula is C11H10N2O3. The van der Waals surface area contributed by atoms with E-state index in [9.17, 15) is 9.59 Å². The summed E-state index contributed by atoms with van der Waals surface area (Å²) in [5.74, 6) is -1.83. The molecule has 1 aromatic rings. The molecule has 1 aromatic carbocycles. The molecule has 0 aliphatic rings. The highest BCUT2D eigenvalue weighted by atomic mass is 16.5. The smallest absolute Gasteiger partial charge is 0.396 e. The number of anilines is 1. The molecule has 0 bridgehead atoms. The van der Waals surface area contributed by atoms with E-state index in [1.807, 2.05) is 6.07 Å². The molecule has 0 radical (unpaired) electrons. The van der Waals surface area contributed by atoms with Crippen molar-refractivity contribution < 1.29 is 14.3 Å². The number of nitriles is 1. The van der Waals surface area contributed by atoms with Crippen molar-refractivity contribution >= 4 is 17.6 Å². The number of esters is 1. The number of hydrogen-bond donors (Lipinski definition) is 1. The van der Waals surface area contributed by atoms with Crippen LogP contribution in [0.4, 0.5) is 5.69 Å². The minimum atomic E-state index is -0.971. The lowest BCUT2D eigenvalue weighted by Gasteiger charge is -2.07. The highest BCUT2D eigenvalue weighted by Crippen LogP contribution is 2.16. The first kappa shape index (κ1) is 11.7. The summed E-state index contributed by atoms with van der Waals surface area (Å²) in [5, 5.41) is 11.1. The van der Waals surface area contributed by atoms with E-state index in [0.717, 1.165) is 12.7 Å². The van der Waals surface area contributed by atoms with Crippen molar-refractivity contribution in [1.29, 1.82) is 5.26 Å². The molecule has 5 nitrogen and oxygen atoms in total. The number of amides is 1. The van der Waals surface area contributed by atoms with Crippen LogP contribution in [-0.4, -0.2) is 19.0 Å². The number of carbonyl (C=O) groups excluding carboxylic acids is 2. The molecular weight excluding hydrogens is 208 g/mol. The van der Waals surface area contributed by atoms with E-state index in [4.69, 9.17) is 5.26 Å². The van der Waals surface area contributed by atoms with E-state index in [1.165, 1.54) is 6.07 Å². The maximum atomic E-state index is 11.2. The zero-order chi connectivity index (χ0) is 12.1. The van der Waals surface area contributed by atoms with Gasteiger partial charge in [0.25, 0.3) is 0 Å². The second-order valence-corrected chi connectivity index (χ2v) is 3.09. The van der Waals surface area contributed by atoms with Crippen molar-refractivity contribution in [1.82, 2.24) is 0 Å². The van der Waals surface area contributed by atoms with Crippen LogP contribution in [0.3, 0.4) is 0 Å². The summed E-state index contributed by atoms with van der Waals surface area (Å²) in [4.78, 5) is 22.1. The summed E-state index contributed by atoms with van der Waals surface area (Å²) in [7, 11) is 1.13. The number of benzene rings is 1. The van der Waals surface area contributed by atoms with Gasteiger partial charge >= 0.3 is 11.9 Å². The Kier molecular flexibility index (Phi) is 3.62. The number of carbonyl (C=O) groups is 2. The van der Waals surface area contributed by atoms with Crippen LogP contribution in [0, 0.1) is 18.3 Å². The maximum Gasteiger partial charge on any atom is 0.396 e. The molecule has 0 fully saturated rings. The zero-order valence-electron chi connectivity index (χ0n) is 8.90. The van der Waals surface area contributed by atoms with E-state index in [0.29, 0.717) is 11.3 Å². The predicted octanol–water partition coefficient (Wildman–Crippen LogP) is 0.978. The van der Waals surface area contributed by atoms with Crippen molar-refractivity contribution in [2.45, 2.75) is 6.92 Å². The average Bonchev–Trinajstić information content (AvgIpc) is 2.30. The molecule has 0 spiro atoms. The molecule has 0 saturated heterocycles. The molecule has 0 unspecified atom stereocenters. The Balaban J connectivity index is 2.93. The summed E-state index contributed by atoms with van der Waals surface area (Å²) in [5.41, 5.74) is 1.59. The van der Waals surface area contributed by atoms with Crippen molar-refractivity contribution in [2.24, 2.45) is 0 Å². The van der Waals surface area contributed by atoms with Crippen molar-refractivity contribution in [3.8, 4) is 6.07 Å². The zero-order valence-corrected chi connectivity index (χ0v) is 8.90. The van der Waals surface area contributed by atoms with Gasteiger partial charge in [0.15, 0.2) is 0 Å². The van der Waals surface area contributed by atoms with Crippen LogP contribution < -0.4 is 5.32 Å². The minimum absolute atomic E-state index is 0.408. The predicted molar refractivity (Wildman–Crippen MR) is 56.5 cm³/mol. The highest BCUT2D eigenvalue weighted by Gasteiger charge is 2.14. The van der Waals surface area contributed by atoms with Crippen molar-refractivity contribution in [2.75, 3.05) is 12.4 Å². The summed E-state index contributed by atoms with van der Waals surface area (Å²) >= 11 is 0. The molecule has 0 saturated carbocycles. The fraction of sp³-hybridized carbons (Fsp3) is 0.182. The van der Waals surface area contributed by atoms with E-state index in [2.05, 4.69) is 10.1 Å². The normalized spacial score (nSPS) is 9.06. The summed E-state index contributed by atoms with van der Waals surface area (Å²) in [6.07, 6.45) is 0. The third-order valence-electron chi connectivity index (χ3n) is 1.99. The quantitative estimate of drug-likeness (QED) is 0.562. The minimum Gasteiger partial charge on any atom is -0.462 e. The number of methoxy groups -OCH3 is 1. The second kappa shape index (κ2) is 4.94. The van der Waals surface area contributed by atoms with E-state index in [1.54, 1.807) is 19.1 Å². The van der Waals surface area contributed by atoms with Crippen LogP contribution in [0.25, 0.3) is 0 Å². The van der Waals surface area contributed by atoms with Gasteiger partial charge in [-0.05, 0) is 24.6 Å². The van der Waals surface area contributed by atoms with Gasteiger partial charge in [-0.2, -0.15) is 5.26 Å². The van der Waals surface area contributed by atoms with Gasteiger partial charge in [0, 0.05) is 5.69 Å². The Labute approximate surface area is 92.6 Å². The van der Waals surface area contributed by atoms with E-state index < -0.39 is 11.9 Å². The molecule has 0 aliphatic carbocycles. The SMILES string of the molecule is COC(=O)C(=O)Nc1cc(C#N)ccc1C. The van der Waals surface area contributed by atoms with Crippen LogP contribution in [-0.2, 0) is 14.3 Å². The molecule has 1 rings (SSSR count).